The summed E-state index contributed by atoms with van der Waals surface area (Å²) < 4.78 is 13.5. The van der Waals surface area contributed by atoms with Gasteiger partial charge in [-0.05, 0) is 26.0 Å². The van der Waals surface area contributed by atoms with Crippen molar-refractivity contribution in [2.45, 2.75) is 13.8 Å². The highest BCUT2D eigenvalue weighted by Crippen LogP contribution is 2.08. The number of nitrogens with one attached hydrogen (secondary N) is 1. The summed E-state index contributed by atoms with van der Waals surface area (Å²) in [4.78, 5) is 0. The van der Waals surface area contributed by atoms with Crippen LogP contribution in [0.1, 0.15) is 11.1 Å². The van der Waals surface area contributed by atoms with Gasteiger partial charge in [-0.15, -0.1) is 0 Å². The SMILES string of the molecule is Cc1ccc(NS(C)=O)cc1.Cc1ccccc1. The maximum Gasteiger partial charge on any atom is 0.113 e. The highest BCUT2D eigenvalue weighted by molar-refractivity contribution is 7.85. The van der Waals surface area contributed by atoms with Crippen LogP contribution in [0.25, 0.3) is 0 Å². The van der Waals surface area contributed by atoms with Crippen molar-refractivity contribution >= 4 is 16.7 Å². The average molecular weight is 261 g/mol. The Morgan fingerprint density at radius 1 is 0.833 bits per heavy atom. The van der Waals surface area contributed by atoms with E-state index in [1.54, 1.807) is 6.26 Å². The van der Waals surface area contributed by atoms with E-state index in [0.29, 0.717) is 0 Å². The summed E-state index contributed by atoms with van der Waals surface area (Å²) in [5, 5.41) is 0. The van der Waals surface area contributed by atoms with E-state index in [9.17, 15) is 4.21 Å². The van der Waals surface area contributed by atoms with E-state index in [1.165, 1.54) is 11.1 Å². The molecule has 96 valence electrons. The summed E-state index contributed by atoms with van der Waals surface area (Å²) in [5.41, 5.74) is 3.43. The Morgan fingerprint density at radius 3 is 1.72 bits per heavy atom. The van der Waals surface area contributed by atoms with Crippen LogP contribution < -0.4 is 4.72 Å². The lowest BCUT2D eigenvalue weighted by Crippen LogP contribution is -2.00. The molecule has 1 atom stereocenters. The zero-order valence-corrected chi connectivity index (χ0v) is 11.8. The van der Waals surface area contributed by atoms with Gasteiger partial charge in [0.15, 0.2) is 0 Å². The molecular weight excluding hydrogens is 242 g/mol. The van der Waals surface area contributed by atoms with Crippen LogP contribution >= 0.6 is 0 Å². The summed E-state index contributed by atoms with van der Waals surface area (Å²) in [7, 11) is -0.973. The number of benzene rings is 2. The summed E-state index contributed by atoms with van der Waals surface area (Å²) in [6.07, 6.45) is 1.61. The second-order valence-electron chi connectivity index (χ2n) is 4.08. The number of rotatable bonds is 2. The molecule has 0 spiro atoms. The fourth-order valence-electron chi connectivity index (χ4n) is 1.32. The minimum atomic E-state index is -0.973. The van der Waals surface area contributed by atoms with Crippen molar-refractivity contribution in [3.8, 4) is 0 Å². The molecule has 0 amide bonds. The molecule has 18 heavy (non-hydrogen) atoms. The van der Waals surface area contributed by atoms with Gasteiger partial charge in [0.1, 0.15) is 11.0 Å². The van der Waals surface area contributed by atoms with Crippen molar-refractivity contribution in [1.29, 1.82) is 0 Å². The predicted molar refractivity (Wildman–Crippen MR) is 80.0 cm³/mol. The first-order valence-corrected chi connectivity index (χ1v) is 7.32. The Balaban J connectivity index is 0.000000199. The minimum absolute atomic E-state index is 0.899. The van der Waals surface area contributed by atoms with Gasteiger partial charge in [0.25, 0.3) is 0 Å². The standard InChI is InChI=1S/C8H11NOS.C7H8/c1-7-3-5-8(6-4-7)9-11(2)10;1-7-5-3-2-4-6-7/h3-6,9H,1-2H3;2-6H,1H3. The Kier molecular flexibility index (Phi) is 6.15. The second-order valence-corrected chi connectivity index (χ2v) is 5.19. The maximum absolute atomic E-state index is 10.7. The van der Waals surface area contributed by atoms with Crippen molar-refractivity contribution in [3.63, 3.8) is 0 Å². The zero-order chi connectivity index (χ0) is 13.4. The van der Waals surface area contributed by atoms with Gasteiger partial charge in [0, 0.05) is 11.9 Å². The van der Waals surface area contributed by atoms with Gasteiger partial charge in [0.05, 0.1) is 0 Å². The van der Waals surface area contributed by atoms with Crippen LogP contribution in [0.2, 0.25) is 0 Å². The number of hydrogen-bond acceptors (Lipinski definition) is 1. The normalized spacial score (nSPS) is 11.1. The topological polar surface area (TPSA) is 29.1 Å². The molecule has 0 saturated carbocycles. The van der Waals surface area contributed by atoms with Gasteiger partial charge < -0.3 is 4.72 Å². The van der Waals surface area contributed by atoms with E-state index >= 15 is 0 Å². The van der Waals surface area contributed by atoms with E-state index in [2.05, 4.69) is 23.8 Å². The third-order valence-corrected chi connectivity index (χ3v) is 2.78. The molecule has 0 saturated heterocycles. The molecule has 3 heteroatoms. The molecule has 0 aliphatic heterocycles. The van der Waals surface area contributed by atoms with E-state index in [4.69, 9.17) is 0 Å². The molecule has 1 N–H and O–H groups in total. The number of anilines is 1. The smallest absolute Gasteiger partial charge is 0.113 e. The van der Waals surface area contributed by atoms with Crippen molar-refractivity contribution in [2.24, 2.45) is 0 Å². The third-order valence-electron chi connectivity index (χ3n) is 2.25. The van der Waals surface area contributed by atoms with E-state index in [0.717, 1.165) is 5.69 Å². The molecule has 2 nitrogen and oxygen atoms in total. The molecule has 2 rings (SSSR count). The largest absolute Gasteiger partial charge is 0.305 e. The first kappa shape index (κ1) is 14.5. The first-order chi connectivity index (χ1) is 8.58. The number of hydrogen-bond donors (Lipinski definition) is 1. The van der Waals surface area contributed by atoms with Crippen LogP contribution in [0.15, 0.2) is 54.6 Å². The molecule has 2 aromatic rings. The summed E-state index contributed by atoms with van der Waals surface area (Å²) in [6, 6.07) is 18.1. The number of aryl methyl sites for hydroxylation is 2. The van der Waals surface area contributed by atoms with E-state index < -0.39 is 11.0 Å². The summed E-state index contributed by atoms with van der Waals surface area (Å²) in [6.45, 7) is 4.10. The van der Waals surface area contributed by atoms with Crippen LogP contribution in [0.5, 0.6) is 0 Å². The monoisotopic (exact) mass is 261 g/mol. The molecule has 0 aliphatic carbocycles. The molecule has 0 bridgehead atoms. The van der Waals surface area contributed by atoms with Gasteiger partial charge >= 0.3 is 0 Å². The summed E-state index contributed by atoms with van der Waals surface area (Å²) >= 11 is 0. The first-order valence-electron chi connectivity index (χ1n) is 5.76. The van der Waals surface area contributed by atoms with Gasteiger partial charge in [-0.3, -0.25) is 0 Å². The average Bonchev–Trinajstić information content (AvgIpc) is 2.33. The highest BCUT2D eigenvalue weighted by Gasteiger charge is 1.91. The van der Waals surface area contributed by atoms with Crippen molar-refractivity contribution in [1.82, 2.24) is 0 Å². The Morgan fingerprint density at radius 2 is 1.33 bits per heavy atom. The van der Waals surface area contributed by atoms with Crippen LogP contribution in [-0.2, 0) is 11.0 Å². The molecule has 2 aromatic carbocycles. The van der Waals surface area contributed by atoms with Crippen molar-refractivity contribution < 1.29 is 4.21 Å². The van der Waals surface area contributed by atoms with E-state index in [1.807, 2.05) is 49.4 Å². The lowest BCUT2D eigenvalue weighted by molar-refractivity contribution is 0.690. The predicted octanol–water partition coefficient (Wildman–Crippen LogP) is 3.70. The van der Waals surface area contributed by atoms with Gasteiger partial charge in [0.2, 0.25) is 0 Å². The van der Waals surface area contributed by atoms with Crippen molar-refractivity contribution in [2.75, 3.05) is 11.0 Å². The van der Waals surface area contributed by atoms with Crippen LogP contribution in [0.3, 0.4) is 0 Å². The van der Waals surface area contributed by atoms with Gasteiger partial charge in [-0.2, -0.15) is 0 Å². The quantitative estimate of drug-likeness (QED) is 0.877. The highest BCUT2D eigenvalue weighted by atomic mass is 32.2. The van der Waals surface area contributed by atoms with Crippen LogP contribution in [0.4, 0.5) is 5.69 Å². The molecule has 0 radical (unpaired) electrons. The molecular formula is C15H19NOS. The molecule has 0 aliphatic rings. The van der Waals surface area contributed by atoms with Crippen LogP contribution in [-0.4, -0.2) is 10.5 Å². The minimum Gasteiger partial charge on any atom is -0.305 e. The Hall–Kier alpha value is -1.61. The zero-order valence-electron chi connectivity index (χ0n) is 11.0. The van der Waals surface area contributed by atoms with Crippen molar-refractivity contribution in [3.05, 3.63) is 65.7 Å². The third kappa shape index (κ3) is 6.21. The lowest BCUT2D eigenvalue weighted by atomic mass is 10.2. The molecule has 1 unspecified atom stereocenters. The Bertz CT molecular complexity index is 480. The fourth-order valence-corrected chi connectivity index (χ4v) is 1.79. The summed E-state index contributed by atoms with van der Waals surface area (Å²) in [5.74, 6) is 0. The molecule has 0 aromatic heterocycles. The van der Waals surface area contributed by atoms with Crippen LogP contribution in [0, 0.1) is 13.8 Å². The Labute approximate surface area is 112 Å². The second kappa shape index (κ2) is 7.67. The fraction of sp³-hybridized carbons (Fsp3) is 0.200. The molecule has 0 heterocycles. The lowest BCUT2D eigenvalue weighted by Gasteiger charge is -2.01. The van der Waals surface area contributed by atoms with Gasteiger partial charge in [-0.25, -0.2) is 4.21 Å². The van der Waals surface area contributed by atoms with Gasteiger partial charge in [-0.1, -0.05) is 53.6 Å². The molecule has 0 fully saturated rings. The maximum atomic E-state index is 10.7. The van der Waals surface area contributed by atoms with E-state index in [-0.39, 0.29) is 0 Å².